The van der Waals surface area contributed by atoms with Crippen LogP contribution in [0, 0.1) is 5.92 Å². The summed E-state index contributed by atoms with van der Waals surface area (Å²) in [5.74, 6) is -0.988. The Hall–Kier alpha value is -1.85. The number of carboxylic acids is 1. The van der Waals surface area contributed by atoms with Gasteiger partial charge in [-0.3, -0.25) is 9.69 Å². The van der Waals surface area contributed by atoms with E-state index in [4.69, 9.17) is 0 Å². The molecule has 0 spiro atoms. The lowest BCUT2D eigenvalue weighted by atomic mass is 9.91. The van der Waals surface area contributed by atoms with Gasteiger partial charge < -0.3 is 10.0 Å². The molecule has 1 heterocycles. The summed E-state index contributed by atoms with van der Waals surface area (Å²) in [6.45, 7) is 1.49. The average Bonchev–Trinajstić information content (AvgIpc) is 2.64. The normalized spacial score (nSPS) is 19.1. The maximum Gasteiger partial charge on any atom is 0.307 e. The minimum absolute atomic E-state index is 0.0453. The number of hydrogen-bond acceptors (Lipinski definition) is 3. The number of anilines is 1. The van der Waals surface area contributed by atoms with Crippen molar-refractivity contribution >= 4 is 27.6 Å². The Morgan fingerprint density at radius 2 is 1.88 bits per heavy atom. The lowest BCUT2D eigenvalue weighted by Crippen LogP contribution is -2.41. The summed E-state index contributed by atoms with van der Waals surface area (Å²) in [5, 5.41) is 9.49. The second-order valence-electron chi connectivity index (χ2n) is 7.08. The summed E-state index contributed by atoms with van der Waals surface area (Å²) in [7, 11) is 4.06. The van der Waals surface area contributed by atoms with Gasteiger partial charge >= 0.3 is 5.97 Å². The van der Waals surface area contributed by atoms with Gasteiger partial charge in [-0.25, -0.2) is 0 Å². The molecule has 5 heteroatoms. The van der Waals surface area contributed by atoms with E-state index in [0.29, 0.717) is 6.54 Å². The lowest BCUT2D eigenvalue weighted by molar-refractivity contribution is -0.143. The molecule has 1 N–H and O–H groups in total. The summed E-state index contributed by atoms with van der Waals surface area (Å²) in [5.41, 5.74) is 3.52. The van der Waals surface area contributed by atoms with E-state index >= 15 is 0 Å². The van der Waals surface area contributed by atoms with Crippen molar-refractivity contribution in [3.05, 3.63) is 64.1 Å². The first kappa shape index (κ1) is 18.9. The van der Waals surface area contributed by atoms with E-state index in [0.717, 1.165) is 29.5 Å². The number of hydrogen-bond donors (Lipinski definition) is 1. The van der Waals surface area contributed by atoms with Crippen LogP contribution in [0.15, 0.2) is 53.0 Å². The molecule has 2 unspecified atom stereocenters. The molecule has 2 aromatic carbocycles. The topological polar surface area (TPSA) is 43.8 Å². The molecule has 0 amide bonds. The third kappa shape index (κ3) is 4.10. The number of likely N-dealkylation sites (tertiary alicyclic amines) is 1. The number of carboxylic acid groups (broad SMARTS) is 1. The van der Waals surface area contributed by atoms with Crippen LogP contribution in [0.4, 0.5) is 5.69 Å². The molecular formula is C21H25BrN2O2. The molecule has 1 fully saturated rings. The number of piperidine rings is 1. The first-order valence-electron chi connectivity index (χ1n) is 8.96. The minimum atomic E-state index is -0.691. The molecule has 0 saturated carbocycles. The van der Waals surface area contributed by atoms with E-state index in [1.54, 1.807) is 0 Å². The second-order valence-corrected chi connectivity index (χ2v) is 7.94. The molecule has 0 aliphatic carbocycles. The summed E-state index contributed by atoms with van der Waals surface area (Å²) < 4.78 is 1.05. The highest BCUT2D eigenvalue weighted by atomic mass is 79.9. The van der Waals surface area contributed by atoms with Crippen molar-refractivity contribution in [2.45, 2.75) is 18.9 Å². The van der Waals surface area contributed by atoms with Gasteiger partial charge in [-0.2, -0.15) is 0 Å². The van der Waals surface area contributed by atoms with Crippen molar-refractivity contribution in [3.8, 4) is 0 Å². The molecule has 26 heavy (non-hydrogen) atoms. The number of rotatable bonds is 5. The van der Waals surface area contributed by atoms with Crippen molar-refractivity contribution < 1.29 is 9.90 Å². The molecule has 4 nitrogen and oxygen atoms in total. The third-order valence-electron chi connectivity index (χ3n) is 5.09. The van der Waals surface area contributed by atoms with Crippen LogP contribution >= 0.6 is 15.9 Å². The monoisotopic (exact) mass is 416 g/mol. The Balaban J connectivity index is 1.99. The Kier molecular flexibility index (Phi) is 5.99. The molecule has 2 atom stereocenters. The summed E-state index contributed by atoms with van der Waals surface area (Å²) >= 11 is 3.69. The largest absolute Gasteiger partial charge is 0.481 e. The number of carbonyl (C=O) groups is 1. The summed E-state index contributed by atoms with van der Waals surface area (Å²) in [4.78, 5) is 15.9. The van der Waals surface area contributed by atoms with Gasteiger partial charge in [0, 0.05) is 30.8 Å². The number of aliphatic carboxylic acids is 1. The van der Waals surface area contributed by atoms with Crippen molar-refractivity contribution in [1.82, 2.24) is 4.90 Å². The van der Waals surface area contributed by atoms with Gasteiger partial charge in [-0.05, 0) is 48.7 Å². The molecule has 138 valence electrons. The van der Waals surface area contributed by atoms with Crippen LogP contribution in [0.25, 0.3) is 0 Å². The van der Waals surface area contributed by atoms with Gasteiger partial charge in [-0.1, -0.05) is 46.3 Å². The van der Waals surface area contributed by atoms with Gasteiger partial charge in [-0.15, -0.1) is 0 Å². The summed E-state index contributed by atoms with van der Waals surface area (Å²) in [6, 6.07) is 16.8. The Bertz CT molecular complexity index is 761. The van der Waals surface area contributed by atoms with Gasteiger partial charge in [0.15, 0.2) is 0 Å². The maximum absolute atomic E-state index is 11.5. The van der Waals surface area contributed by atoms with Gasteiger partial charge in [0.1, 0.15) is 0 Å². The third-order valence-corrected chi connectivity index (χ3v) is 5.81. The van der Waals surface area contributed by atoms with Gasteiger partial charge in [0.05, 0.1) is 12.0 Å². The van der Waals surface area contributed by atoms with Gasteiger partial charge in [0.2, 0.25) is 0 Å². The predicted octanol–water partition coefficient (Wildman–Crippen LogP) is 4.40. The fourth-order valence-electron chi connectivity index (χ4n) is 3.68. The highest BCUT2D eigenvalue weighted by Gasteiger charge is 2.32. The zero-order valence-electron chi connectivity index (χ0n) is 15.2. The molecule has 1 saturated heterocycles. The zero-order chi connectivity index (χ0) is 18.7. The van der Waals surface area contributed by atoms with Crippen molar-refractivity contribution in [2.75, 3.05) is 32.1 Å². The van der Waals surface area contributed by atoms with Crippen LogP contribution in [0.5, 0.6) is 0 Å². The molecule has 2 aromatic rings. The van der Waals surface area contributed by atoms with E-state index < -0.39 is 5.97 Å². The van der Waals surface area contributed by atoms with Crippen LogP contribution in [0.3, 0.4) is 0 Å². The van der Waals surface area contributed by atoms with Crippen LogP contribution in [-0.2, 0) is 4.79 Å². The standard InChI is InChI=1S/C21H25BrN2O2/c1-23(2)17-11-9-15(10-12-17)20(18-7-3-4-8-19(18)22)24-13-5-6-16(14-24)21(25)26/h3-4,7-12,16,20H,5-6,13-14H2,1-2H3,(H,25,26). The number of halogens is 1. The van der Waals surface area contributed by atoms with E-state index in [2.05, 4.69) is 62.1 Å². The molecular weight excluding hydrogens is 392 g/mol. The van der Waals surface area contributed by atoms with E-state index in [9.17, 15) is 9.90 Å². The SMILES string of the molecule is CN(C)c1ccc(C(c2ccccc2Br)N2CCCC(C(=O)O)C2)cc1. The van der Waals surface area contributed by atoms with Crippen LogP contribution in [0.1, 0.15) is 30.0 Å². The minimum Gasteiger partial charge on any atom is -0.481 e. The highest BCUT2D eigenvalue weighted by Crippen LogP contribution is 2.36. The number of nitrogens with zero attached hydrogens (tertiary/aromatic N) is 2. The quantitative estimate of drug-likeness (QED) is 0.783. The van der Waals surface area contributed by atoms with Gasteiger partial charge in [0.25, 0.3) is 0 Å². The Morgan fingerprint density at radius 3 is 2.50 bits per heavy atom. The van der Waals surface area contributed by atoms with Crippen LogP contribution in [0.2, 0.25) is 0 Å². The van der Waals surface area contributed by atoms with Crippen LogP contribution in [-0.4, -0.2) is 43.2 Å². The summed E-state index contributed by atoms with van der Waals surface area (Å²) in [6.07, 6.45) is 1.67. The molecule has 0 bridgehead atoms. The van der Waals surface area contributed by atoms with E-state index in [1.165, 1.54) is 11.1 Å². The van der Waals surface area contributed by atoms with Crippen molar-refractivity contribution in [1.29, 1.82) is 0 Å². The fraction of sp³-hybridized carbons (Fsp3) is 0.381. The predicted molar refractivity (Wildman–Crippen MR) is 109 cm³/mol. The Labute approximate surface area is 163 Å². The fourth-order valence-corrected chi connectivity index (χ4v) is 4.18. The van der Waals surface area contributed by atoms with Crippen molar-refractivity contribution in [2.24, 2.45) is 5.92 Å². The van der Waals surface area contributed by atoms with E-state index in [-0.39, 0.29) is 12.0 Å². The molecule has 1 aliphatic rings. The first-order chi connectivity index (χ1) is 12.5. The van der Waals surface area contributed by atoms with Crippen LogP contribution < -0.4 is 4.90 Å². The second kappa shape index (κ2) is 8.23. The lowest BCUT2D eigenvalue weighted by Gasteiger charge is -2.38. The number of benzene rings is 2. The first-order valence-corrected chi connectivity index (χ1v) is 9.75. The van der Waals surface area contributed by atoms with E-state index in [1.807, 2.05) is 26.2 Å². The smallest absolute Gasteiger partial charge is 0.307 e. The molecule has 0 aromatic heterocycles. The Morgan fingerprint density at radius 1 is 1.19 bits per heavy atom. The average molecular weight is 417 g/mol. The molecule has 3 rings (SSSR count). The molecule has 1 aliphatic heterocycles. The van der Waals surface area contributed by atoms with Crippen molar-refractivity contribution in [3.63, 3.8) is 0 Å². The molecule has 0 radical (unpaired) electrons. The maximum atomic E-state index is 11.5. The highest BCUT2D eigenvalue weighted by molar-refractivity contribution is 9.10. The zero-order valence-corrected chi connectivity index (χ0v) is 16.8.